The highest BCUT2D eigenvalue weighted by Crippen LogP contribution is 2.22. The number of rotatable bonds is 5. The molecule has 0 aromatic heterocycles. The fraction of sp³-hybridized carbons (Fsp3) is 0.571. The number of aryl methyl sites for hydroxylation is 1. The number of aliphatic hydroxyl groups is 1. The third kappa shape index (κ3) is 3.20. The Labute approximate surface area is 103 Å². The van der Waals surface area contributed by atoms with Crippen molar-refractivity contribution in [2.45, 2.75) is 38.8 Å². The topological polar surface area (TPSA) is 44.3 Å². The van der Waals surface area contributed by atoms with E-state index in [1.807, 2.05) is 0 Å². The molecule has 1 heterocycles. The molecule has 1 aromatic carbocycles. The molecule has 1 atom stereocenters. The molecule has 1 aromatic rings. The van der Waals surface area contributed by atoms with E-state index in [9.17, 15) is 0 Å². The lowest BCUT2D eigenvalue weighted by Crippen LogP contribution is -2.31. The summed E-state index contributed by atoms with van der Waals surface area (Å²) < 4.78 is 0. The molecule has 0 saturated heterocycles. The standard InChI is InChI=1S/C14H22N2O/c1-2-13(10-17)16-9-11-5-6-14-12(8-11)4-3-7-15-14/h5-6,8,13,15-17H,2-4,7,9-10H2,1H3/t13-/m1/s1. The van der Waals surface area contributed by atoms with Crippen molar-refractivity contribution in [2.24, 2.45) is 0 Å². The van der Waals surface area contributed by atoms with E-state index in [1.54, 1.807) is 0 Å². The van der Waals surface area contributed by atoms with Gasteiger partial charge in [-0.25, -0.2) is 0 Å². The summed E-state index contributed by atoms with van der Waals surface area (Å²) >= 11 is 0. The quantitative estimate of drug-likeness (QED) is 0.729. The summed E-state index contributed by atoms with van der Waals surface area (Å²) in [4.78, 5) is 0. The summed E-state index contributed by atoms with van der Waals surface area (Å²) in [6.07, 6.45) is 3.36. The summed E-state index contributed by atoms with van der Waals surface area (Å²) in [5.41, 5.74) is 4.01. The van der Waals surface area contributed by atoms with Gasteiger partial charge >= 0.3 is 0 Å². The first kappa shape index (κ1) is 12.4. The summed E-state index contributed by atoms with van der Waals surface area (Å²) in [5, 5.41) is 15.9. The smallest absolute Gasteiger partial charge is 0.0584 e. The first-order valence-corrected chi connectivity index (χ1v) is 6.53. The van der Waals surface area contributed by atoms with Crippen LogP contribution in [0.2, 0.25) is 0 Å². The zero-order valence-electron chi connectivity index (χ0n) is 10.5. The van der Waals surface area contributed by atoms with Crippen molar-refractivity contribution in [1.29, 1.82) is 0 Å². The Hall–Kier alpha value is -1.06. The molecule has 0 amide bonds. The van der Waals surface area contributed by atoms with Crippen molar-refractivity contribution in [3.63, 3.8) is 0 Å². The van der Waals surface area contributed by atoms with Gasteiger partial charge in [0.1, 0.15) is 0 Å². The first-order chi connectivity index (χ1) is 8.33. The molecule has 3 nitrogen and oxygen atoms in total. The summed E-state index contributed by atoms with van der Waals surface area (Å²) in [5.74, 6) is 0. The van der Waals surface area contributed by atoms with Crippen LogP contribution in [0.1, 0.15) is 30.9 Å². The van der Waals surface area contributed by atoms with Crippen LogP contribution < -0.4 is 10.6 Å². The van der Waals surface area contributed by atoms with Gasteiger partial charge in [0.2, 0.25) is 0 Å². The molecule has 0 fully saturated rings. The van der Waals surface area contributed by atoms with Crippen LogP contribution >= 0.6 is 0 Å². The van der Waals surface area contributed by atoms with E-state index >= 15 is 0 Å². The van der Waals surface area contributed by atoms with Gasteiger partial charge in [0.05, 0.1) is 6.61 Å². The maximum Gasteiger partial charge on any atom is 0.0584 e. The van der Waals surface area contributed by atoms with Crippen LogP contribution in [0, 0.1) is 0 Å². The highest BCUT2D eigenvalue weighted by atomic mass is 16.3. The molecule has 3 N–H and O–H groups in total. The second kappa shape index (κ2) is 6.03. The number of benzene rings is 1. The first-order valence-electron chi connectivity index (χ1n) is 6.53. The molecule has 94 valence electrons. The van der Waals surface area contributed by atoms with Crippen molar-refractivity contribution in [1.82, 2.24) is 5.32 Å². The van der Waals surface area contributed by atoms with Gasteiger partial charge in [0.25, 0.3) is 0 Å². The van der Waals surface area contributed by atoms with Gasteiger partial charge in [-0.15, -0.1) is 0 Å². The number of nitrogens with one attached hydrogen (secondary N) is 2. The minimum Gasteiger partial charge on any atom is -0.395 e. The van der Waals surface area contributed by atoms with Crippen molar-refractivity contribution in [3.8, 4) is 0 Å². The van der Waals surface area contributed by atoms with E-state index < -0.39 is 0 Å². The Balaban J connectivity index is 1.97. The molecule has 0 aliphatic carbocycles. The summed E-state index contributed by atoms with van der Waals surface area (Å²) in [6, 6.07) is 6.82. The zero-order valence-corrected chi connectivity index (χ0v) is 10.5. The average Bonchev–Trinajstić information content (AvgIpc) is 2.40. The number of aliphatic hydroxyl groups excluding tert-OH is 1. The van der Waals surface area contributed by atoms with Gasteiger partial charge in [-0.05, 0) is 36.5 Å². The lowest BCUT2D eigenvalue weighted by molar-refractivity contribution is 0.238. The maximum atomic E-state index is 9.12. The molecule has 0 saturated carbocycles. The van der Waals surface area contributed by atoms with E-state index in [1.165, 1.54) is 29.7 Å². The van der Waals surface area contributed by atoms with Crippen molar-refractivity contribution >= 4 is 5.69 Å². The zero-order chi connectivity index (χ0) is 12.1. The number of anilines is 1. The molecule has 2 rings (SSSR count). The molecule has 1 aliphatic rings. The van der Waals surface area contributed by atoms with Gasteiger partial charge < -0.3 is 15.7 Å². The van der Waals surface area contributed by atoms with E-state index in [4.69, 9.17) is 5.11 Å². The maximum absolute atomic E-state index is 9.12. The third-order valence-electron chi connectivity index (χ3n) is 3.42. The van der Waals surface area contributed by atoms with Gasteiger partial charge in [-0.2, -0.15) is 0 Å². The molecule has 1 aliphatic heterocycles. The number of fused-ring (bicyclic) bond motifs is 1. The lowest BCUT2D eigenvalue weighted by Gasteiger charge is -2.19. The van der Waals surface area contributed by atoms with Crippen LogP contribution in [-0.4, -0.2) is 24.3 Å². The lowest BCUT2D eigenvalue weighted by atomic mass is 10.0. The predicted molar refractivity (Wildman–Crippen MR) is 71.3 cm³/mol. The second-order valence-electron chi connectivity index (χ2n) is 4.69. The van der Waals surface area contributed by atoms with Gasteiger partial charge in [0, 0.05) is 24.8 Å². The van der Waals surface area contributed by atoms with Crippen LogP contribution in [0.25, 0.3) is 0 Å². The average molecular weight is 234 g/mol. The molecule has 0 unspecified atom stereocenters. The second-order valence-corrected chi connectivity index (χ2v) is 4.69. The van der Waals surface area contributed by atoms with E-state index in [2.05, 4.69) is 35.8 Å². The summed E-state index contributed by atoms with van der Waals surface area (Å²) in [6.45, 7) is 4.23. The predicted octanol–water partition coefficient (Wildman–Crippen LogP) is 1.91. The Kier molecular flexibility index (Phi) is 4.40. The van der Waals surface area contributed by atoms with E-state index in [0.29, 0.717) is 0 Å². The van der Waals surface area contributed by atoms with Gasteiger partial charge in [-0.1, -0.05) is 19.1 Å². The van der Waals surface area contributed by atoms with Gasteiger partial charge in [-0.3, -0.25) is 0 Å². The Bertz CT molecular complexity index is 361. The van der Waals surface area contributed by atoms with Crippen LogP contribution in [-0.2, 0) is 13.0 Å². The molecular weight excluding hydrogens is 212 g/mol. The minimum absolute atomic E-state index is 0.211. The molecular formula is C14H22N2O. The monoisotopic (exact) mass is 234 g/mol. The SMILES string of the molecule is CC[C@H](CO)NCc1ccc2c(c1)CCCN2. The molecule has 3 heteroatoms. The van der Waals surface area contributed by atoms with E-state index in [-0.39, 0.29) is 12.6 Å². The third-order valence-corrected chi connectivity index (χ3v) is 3.42. The Morgan fingerprint density at radius 2 is 2.35 bits per heavy atom. The summed E-state index contributed by atoms with van der Waals surface area (Å²) in [7, 11) is 0. The largest absolute Gasteiger partial charge is 0.395 e. The van der Waals surface area contributed by atoms with Crippen LogP contribution in [0.5, 0.6) is 0 Å². The highest BCUT2D eigenvalue weighted by molar-refractivity contribution is 5.54. The van der Waals surface area contributed by atoms with Gasteiger partial charge in [0.15, 0.2) is 0 Å². The van der Waals surface area contributed by atoms with E-state index in [0.717, 1.165) is 19.5 Å². The number of hydrogen-bond acceptors (Lipinski definition) is 3. The van der Waals surface area contributed by atoms with Crippen LogP contribution in [0.15, 0.2) is 18.2 Å². The molecule has 17 heavy (non-hydrogen) atoms. The normalized spacial score (nSPS) is 16.1. The molecule has 0 spiro atoms. The molecule has 0 bridgehead atoms. The van der Waals surface area contributed by atoms with Crippen molar-refractivity contribution < 1.29 is 5.11 Å². The Morgan fingerprint density at radius 1 is 1.47 bits per heavy atom. The minimum atomic E-state index is 0.211. The Morgan fingerprint density at radius 3 is 3.12 bits per heavy atom. The molecule has 0 radical (unpaired) electrons. The number of hydrogen-bond donors (Lipinski definition) is 3. The fourth-order valence-electron chi connectivity index (χ4n) is 2.24. The van der Waals surface area contributed by atoms with Crippen molar-refractivity contribution in [2.75, 3.05) is 18.5 Å². The van der Waals surface area contributed by atoms with Crippen LogP contribution in [0.4, 0.5) is 5.69 Å². The van der Waals surface area contributed by atoms with Crippen LogP contribution in [0.3, 0.4) is 0 Å². The van der Waals surface area contributed by atoms with Crippen molar-refractivity contribution in [3.05, 3.63) is 29.3 Å². The fourth-order valence-corrected chi connectivity index (χ4v) is 2.24. The highest BCUT2D eigenvalue weighted by Gasteiger charge is 2.09.